The maximum atomic E-state index is 11.4. The zero-order valence-electron chi connectivity index (χ0n) is 9.99. The highest BCUT2D eigenvalue weighted by Gasteiger charge is 2.07. The van der Waals surface area contributed by atoms with Gasteiger partial charge in [-0.3, -0.25) is 9.78 Å². The maximum Gasteiger partial charge on any atom is 0.270 e. The molecule has 2 aromatic rings. The summed E-state index contributed by atoms with van der Waals surface area (Å²) in [5.41, 5.74) is -0.156. The SMILES string of the molecule is N#Cc1cnc(Nc2ccc(S(N)(=O)=O)cc2)[nH]c1=O. The van der Waals surface area contributed by atoms with Crippen molar-refractivity contribution in [3.63, 3.8) is 0 Å². The second-order valence-electron chi connectivity index (χ2n) is 3.78. The number of rotatable bonds is 3. The molecule has 1 aromatic carbocycles. The first-order valence-corrected chi connectivity index (χ1v) is 6.84. The van der Waals surface area contributed by atoms with Crippen molar-refractivity contribution in [1.29, 1.82) is 5.26 Å². The minimum atomic E-state index is -3.75. The smallest absolute Gasteiger partial charge is 0.270 e. The van der Waals surface area contributed by atoms with Crippen LogP contribution in [0.5, 0.6) is 0 Å². The Bertz CT molecular complexity index is 834. The summed E-state index contributed by atoms with van der Waals surface area (Å²) in [6.07, 6.45) is 1.14. The molecule has 0 saturated carbocycles. The molecule has 102 valence electrons. The molecule has 0 aliphatic carbocycles. The fourth-order valence-electron chi connectivity index (χ4n) is 1.40. The Labute approximate surface area is 113 Å². The number of aromatic nitrogens is 2. The van der Waals surface area contributed by atoms with Crippen LogP contribution < -0.4 is 16.0 Å². The zero-order valence-corrected chi connectivity index (χ0v) is 10.8. The van der Waals surface area contributed by atoms with Crippen LogP contribution in [0.25, 0.3) is 0 Å². The Morgan fingerprint density at radius 2 is 1.95 bits per heavy atom. The number of nitrogens with one attached hydrogen (secondary N) is 2. The first-order chi connectivity index (χ1) is 9.40. The van der Waals surface area contributed by atoms with Gasteiger partial charge in [0, 0.05) is 5.69 Å². The van der Waals surface area contributed by atoms with Crippen molar-refractivity contribution < 1.29 is 8.42 Å². The lowest BCUT2D eigenvalue weighted by molar-refractivity contribution is 0.598. The van der Waals surface area contributed by atoms with E-state index in [1.54, 1.807) is 6.07 Å². The van der Waals surface area contributed by atoms with Crippen LogP contribution in [0, 0.1) is 11.3 Å². The molecule has 0 bridgehead atoms. The first-order valence-electron chi connectivity index (χ1n) is 5.29. The van der Waals surface area contributed by atoms with Crippen LogP contribution in [0.1, 0.15) is 5.56 Å². The van der Waals surface area contributed by atoms with Crippen LogP contribution in [0.3, 0.4) is 0 Å². The average molecular weight is 291 g/mol. The molecule has 9 heteroatoms. The number of anilines is 2. The predicted octanol–water partition coefficient (Wildman–Crippen LogP) is 0.0326. The van der Waals surface area contributed by atoms with Crippen LogP contribution in [-0.2, 0) is 10.0 Å². The van der Waals surface area contributed by atoms with Gasteiger partial charge in [-0.1, -0.05) is 0 Å². The minimum Gasteiger partial charge on any atom is -0.326 e. The third-order valence-corrected chi connectivity index (χ3v) is 3.29. The molecule has 4 N–H and O–H groups in total. The fraction of sp³-hybridized carbons (Fsp3) is 0. The number of nitriles is 1. The lowest BCUT2D eigenvalue weighted by Gasteiger charge is -2.05. The van der Waals surface area contributed by atoms with Crippen molar-refractivity contribution >= 4 is 21.7 Å². The predicted molar refractivity (Wildman–Crippen MR) is 70.7 cm³/mol. The van der Waals surface area contributed by atoms with E-state index in [-0.39, 0.29) is 16.4 Å². The highest BCUT2D eigenvalue weighted by molar-refractivity contribution is 7.89. The quantitative estimate of drug-likeness (QED) is 0.728. The maximum absolute atomic E-state index is 11.4. The number of nitrogens with zero attached hydrogens (tertiary/aromatic N) is 2. The van der Waals surface area contributed by atoms with Gasteiger partial charge >= 0.3 is 0 Å². The van der Waals surface area contributed by atoms with E-state index in [0.29, 0.717) is 5.69 Å². The van der Waals surface area contributed by atoms with Crippen LogP contribution in [0.4, 0.5) is 11.6 Å². The van der Waals surface area contributed by atoms with Gasteiger partial charge in [-0.25, -0.2) is 18.5 Å². The van der Waals surface area contributed by atoms with E-state index in [1.165, 1.54) is 24.3 Å². The molecule has 0 saturated heterocycles. The minimum absolute atomic E-state index is 0.0238. The summed E-state index contributed by atoms with van der Waals surface area (Å²) < 4.78 is 22.2. The largest absolute Gasteiger partial charge is 0.326 e. The molecule has 1 aromatic heterocycles. The number of sulfonamides is 1. The molecular weight excluding hydrogens is 282 g/mol. The molecule has 0 aliphatic rings. The van der Waals surface area contributed by atoms with E-state index in [4.69, 9.17) is 10.4 Å². The Morgan fingerprint density at radius 1 is 1.30 bits per heavy atom. The highest BCUT2D eigenvalue weighted by Crippen LogP contribution is 2.15. The topological polar surface area (TPSA) is 142 Å². The number of H-pyrrole nitrogens is 1. The van der Waals surface area contributed by atoms with Gasteiger partial charge in [-0.2, -0.15) is 5.26 Å². The van der Waals surface area contributed by atoms with Crippen molar-refractivity contribution in [2.45, 2.75) is 4.90 Å². The third kappa shape index (κ3) is 3.00. The number of hydrogen-bond donors (Lipinski definition) is 3. The summed E-state index contributed by atoms with van der Waals surface area (Å²) in [6, 6.07) is 7.27. The monoisotopic (exact) mass is 291 g/mol. The summed E-state index contributed by atoms with van der Waals surface area (Å²) in [5.74, 6) is 0.136. The highest BCUT2D eigenvalue weighted by atomic mass is 32.2. The van der Waals surface area contributed by atoms with Crippen molar-refractivity contribution in [2.24, 2.45) is 5.14 Å². The van der Waals surface area contributed by atoms with Crippen molar-refractivity contribution in [3.8, 4) is 6.07 Å². The van der Waals surface area contributed by atoms with E-state index in [2.05, 4.69) is 15.3 Å². The number of nitrogens with two attached hydrogens (primary N) is 1. The third-order valence-electron chi connectivity index (χ3n) is 2.37. The molecule has 0 spiro atoms. The van der Waals surface area contributed by atoms with Gasteiger partial charge in [0.2, 0.25) is 16.0 Å². The van der Waals surface area contributed by atoms with Crippen LogP contribution in [0.15, 0.2) is 40.2 Å². The molecule has 20 heavy (non-hydrogen) atoms. The Balaban J connectivity index is 2.25. The van der Waals surface area contributed by atoms with Crippen molar-refractivity contribution in [1.82, 2.24) is 9.97 Å². The second kappa shape index (κ2) is 5.12. The summed E-state index contributed by atoms with van der Waals surface area (Å²) in [5, 5.41) is 16.3. The molecular formula is C11H9N5O3S. The molecule has 0 unspecified atom stereocenters. The Morgan fingerprint density at radius 3 is 2.45 bits per heavy atom. The molecule has 2 rings (SSSR count). The van der Waals surface area contributed by atoms with Crippen molar-refractivity contribution in [3.05, 3.63) is 46.4 Å². The van der Waals surface area contributed by atoms with Gasteiger partial charge in [0.15, 0.2) is 0 Å². The lowest BCUT2D eigenvalue weighted by atomic mass is 10.3. The number of aromatic amines is 1. The van der Waals surface area contributed by atoms with E-state index in [1.807, 2.05) is 0 Å². The standard InChI is InChI=1S/C11H9N5O3S/c12-5-7-6-14-11(16-10(7)17)15-8-1-3-9(4-2-8)20(13,18)19/h1-4,6H,(H2,13,18,19)(H2,14,15,16,17). The van der Waals surface area contributed by atoms with E-state index in [0.717, 1.165) is 6.20 Å². The van der Waals surface area contributed by atoms with E-state index < -0.39 is 15.6 Å². The summed E-state index contributed by atoms with van der Waals surface area (Å²) in [6.45, 7) is 0. The van der Waals surface area contributed by atoms with Gasteiger partial charge in [0.1, 0.15) is 11.6 Å². The van der Waals surface area contributed by atoms with Gasteiger partial charge in [0.05, 0.1) is 11.1 Å². The van der Waals surface area contributed by atoms with E-state index in [9.17, 15) is 13.2 Å². The molecule has 0 amide bonds. The normalized spacial score (nSPS) is 10.8. The number of benzene rings is 1. The Hall–Kier alpha value is -2.70. The Kier molecular flexibility index (Phi) is 3.51. The molecule has 0 atom stereocenters. The number of hydrogen-bond acceptors (Lipinski definition) is 6. The molecule has 8 nitrogen and oxygen atoms in total. The van der Waals surface area contributed by atoms with Gasteiger partial charge in [-0.15, -0.1) is 0 Å². The lowest BCUT2D eigenvalue weighted by Crippen LogP contribution is -2.14. The van der Waals surface area contributed by atoms with Crippen LogP contribution in [0.2, 0.25) is 0 Å². The molecule has 0 fully saturated rings. The van der Waals surface area contributed by atoms with Gasteiger partial charge < -0.3 is 5.32 Å². The molecule has 1 heterocycles. The summed E-state index contributed by atoms with van der Waals surface area (Å²) in [7, 11) is -3.75. The zero-order chi connectivity index (χ0) is 14.8. The molecule has 0 aliphatic heterocycles. The second-order valence-corrected chi connectivity index (χ2v) is 5.34. The van der Waals surface area contributed by atoms with Gasteiger partial charge in [0.25, 0.3) is 5.56 Å². The van der Waals surface area contributed by atoms with Crippen LogP contribution in [-0.4, -0.2) is 18.4 Å². The molecule has 0 radical (unpaired) electrons. The average Bonchev–Trinajstić information content (AvgIpc) is 2.38. The summed E-state index contributed by atoms with van der Waals surface area (Å²) >= 11 is 0. The number of primary sulfonamides is 1. The fourth-order valence-corrected chi connectivity index (χ4v) is 1.92. The first kappa shape index (κ1) is 13.7. The summed E-state index contributed by atoms with van der Waals surface area (Å²) in [4.78, 5) is 17.6. The van der Waals surface area contributed by atoms with Gasteiger partial charge in [-0.05, 0) is 24.3 Å². The van der Waals surface area contributed by atoms with Crippen LogP contribution >= 0.6 is 0 Å². The van der Waals surface area contributed by atoms with Crippen molar-refractivity contribution in [2.75, 3.05) is 5.32 Å². The van der Waals surface area contributed by atoms with E-state index >= 15 is 0 Å².